The highest BCUT2D eigenvalue weighted by molar-refractivity contribution is 9.10. The van der Waals surface area contributed by atoms with Crippen LogP contribution in [0.3, 0.4) is 0 Å². The SMILES string of the molecule is Clc1ccc2c(c1-c1ccccc1Br)CC=C2. The molecule has 0 atom stereocenters. The van der Waals surface area contributed by atoms with Gasteiger partial charge >= 0.3 is 0 Å². The van der Waals surface area contributed by atoms with Gasteiger partial charge in [-0.3, -0.25) is 0 Å². The summed E-state index contributed by atoms with van der Waals surface area (Å²) in [6.45, 7) is 0. The lowest BCUT2D eigenvalue weighted by Crippen LogP contribution is -1.91. The third-order valence-electron chi connectivity index (χ3n) is 3.06. The summed E-state index contributed by atoms with van der Waals surface area (Å²) in [4.78, 5) is 0. The van der Waals surface area contributed by atoms with Crippen molar-refractivity contribution >= 4 is 33.6 Å². The Morgan fingerprint density at radius 2 is 1.88 bits per heavy atom. The average Bonchev–Trinajstić information content (AvgIpc) is 2.79. The van der Waals surface area contributed by atoms with E-state index in [0.717, 1.165) is 27.0 Å². The van der Waals surface area contributed by atoms with Crippen molar-refractivity contribution < 1.29 is 0 Å². The van der Waals surface area contributed by atoms with Crippen LogP contribution in [0.4, 0.5) is 0 Å². The van der Waals surface area contributed by atoms with Gasteiger partial charge in [-0.2, -0.15) is 0 Å². The normalized spacial score (nSPS) is 12.8. The summed E-state index contributed by atoms with van der Waals surface area (Å²) in [7, 11) is 0. The van der Waals surface area contributed by atoms with Crippen LogP contribution in [0.2, 0.25) is 5.02 Å². The van der Waals surface area contributed by atoms with Crippen molar-refractivity contribution in [3.05, 3.63) is 63.1 Å². The maximum absolute atomic E-state index is 6.37. The quantitative estimate of drug-likeness (QED) is 0.667. The monoisotopic (exact) mass is 304 g/mol. The van der Waals surface area contributed by atoms with E-state index in [1.165, 1.54) is 11.1 Å². The Balaban J connectivity index is 2.29. The molecule has 0 saturated carbocycles. The smallest absolute Gasteiger partial charge is 0.0488 e. The van der Waals surface area contributed by atoms with Gasteiger partial charge in [-0.05, 0) is 35.2 Å². The number of halogens is 2. The van der Waals surface area contributed by atoms with Gasteiger partial charge in [-0.25, -0.2) is 0 Å². The van der Waals surface area contributed by atoms with Crippen LogP contribution < -0.4 is 0 Å². The maximum Gasteiger partial charge on any atom is 0.0488 e. The highest BCUT2D eigenvalue weighted by Gasteiger charge is 2.16. The number of fused-ring (bicyclic) bond motifs is 1. The molecule has 0 saturated heterocycles. The highest BCUT2D eigenvalue weighted by Crippen LogP contribution is 2.39. The molecule has 0 fully saturated rings. The fourth-order valence-electron chi connectivity index (χ4n) is 2.27. The van der Waals surface area contributed by atoms with Gasteiger partial charge in [0.2, 0.25) is 0 Å². The summed E-state index contributed by atoms with van der Waals surface area (Å²) >= 11 is 9.96. The van der Waals surface area contributed by atoms with Gasteiger partial charge in [-0.15, -0.1) is 0 Å². The molecule has 0 bridgehead atoms. The number of allylic oxidation sites excluding steroid dienone is 1. The van der Waals surface area contributed by atoms with Crippen LogP contribution in [-0.4, -0.2) is 0 Å². The van der Waals surface area contributed by atoms with Crippen LogP contribution in [-0.2, 0) is 6.42 Å². The van der Waals surface area contributed by atoms with Gasteiger partial charge in [0.25, 0.3) is 0 Å². The molecular formula is C15H10BrCl. The Morgan fingerprint density at radius 3 is 2.71 bits per heavy atom. The Labute approximate surface area is 114 Å². The van der Waals surface area contributed by atoms with Crippen molar-refractivity contribution in [1.29, 1.82) is 0 Å². The second-order valence-electron chi connectivity index (χ2n) is 4.08. The molecule has 0 unspecified atom stereocenters. The van der Waals surface area contributed by atoms with Crippen molar-refractivity contribution in [2.45, 2.75) is 6.42 Å². The fraction of sp³-hybridized carbons (Fsp3) is 0.0667. The van der Waals surface area contributed by atoms with Crippen molar-refractivity contribution in [2.24, 2.45) is 0 Å². The first-order valence-electron chi connectivity index (χ1n) is 5.50. The van der Waals surface area contributed by atoms with E-state index in [9.17, 15) is 0 Å². The van der Waals surface area contributed by atoms with Gasteiger partial charge in [0.15, 0.2) is 0 Å². The van der Waals surface area contributed by atoms with Gasteiger partial charge in [-0.1, -0.05) is 63.9 Å². The topological polar surface area (TPSA) is 0 Å². The fourth-order valence-corrected chi connectivity index (χ4v) is 3.03. The van der Waals surface area contributed by atoms with Crippen molar-refractivity contribution in [2.75, 3.05) is 0 Å². The maximum atomic E-state index is 6.37. The molecule has 1 aliphatic rings. The molecule has 0 aliphatic heterocycles. The molecule has 17 heavy (non-hydrogen) atoms. The van der Waals surface area contributed by atoms with Crippen molar-refractivity contribution in [1.82, 2.24) is 0 Å². The van der Waals surface area contributed by atoms with Crippen LogP contribution in [0.25, 0.3) is 17.2 Å². The van der Waals surface area contributed by atoms with Gasteiger partial charge in [0, 0.05) is 15.1 Å². The third kappa shape index (κ3) is 1.84. The largest absolute Gasteiger partial charge is 0.0837 e. The molecule has 0 N–H and O–H groups in total. The molecule has 2 aromatic rings. The summed E-state index contributed by atoms with van der Waals surface area (Å²) in [5.41, 5.74) is 4.92. The standard InChI is InChI=1S/C15H10BrCl/c16-13-7-2-1-5-12(13)15-11-6-3-4-10(11)8-9-14(15)17/h1-5,7-9H,6H2. The van der Waals surface area contributed by atoms with E-state index in [1.54, 1.807) is 0 Å². The first kappa shape index (κ1) is 11.1. The predicted octanol–water partition coefficient (Wildman–Crippen LogP) is 5.34. The van der Waals surface area contributed by atoms with Crippen LogP contribution in [0, 0.1) is 0 Å². The molecular weight excluding hydrogens is 296 g/mol. The van der Waals surface area contributed by atoms with Crippen LogP contribution in [0.1, 0.15) is 11.1 Å². The zero-order chi connectivity index (χ0) is 11.8. The van der Waals surface area contributed by atoms with E-state index in [4.69, 9.17) is 11.6 Å². The summed E-state index contributed by atoms with van der Waals surface area (Å²) in [6, 6.07) is 12.3. The van der Waals surface area contributed by atoms with E-state index in [0.29, 0.717) is 0 Å². The number of hydrogen-bond donors (Lipinski definition) is 0. The summed E-state index contributed by atoms with van der Waals surface area (Å²) in [5.74, 6) is 0. The molecule has 0 amide bonds. The van der Waals surface area contributed by atoms with E-state index < -0.39 is 0 Å². The van der Waals surface area contributed by atoms with Crippen molar-refractivity contribution in [3.8, 4) is 11.1 Å². The molecule has 0 spiro atoms. The summed E-state index contributed by atoms with van der Waals surface area (Å²) in [6.07, 6.45) is 5.31. The Kier molecular flexibility index (Phi) is 2.81. The predicted molar refractivity (Wildman–Crippen MR) is 77.3 cm³/mol. The minimum Gasteiger partial charge on any atom is -0.0837 e. The first-order chi connectivity index (χ1) is 8.27. The lowest BCUT2D eigenvalue weighted by Gasteiger charge is -2.12. The Bertz CT molecular complexity index is 614. The third-order valence-corrected chi connectivity index (χ3v) is 4.07. The summed E-state index contributed by atoms with van der Waals surface area (Å²) < 4.78 is 1.09. The first-order valence-corrected chi connectivity index (χ1v) is 6.67. The van der Waals surface area contributed by atoms with E-state index in [1.807, 2.05) is 24.3 Å². The van der Waals surface area contributed by atoms with E-state index in [2.05, 4.69) is 40.2 Å². The zero-order valence-corrected chi connectivity index (χ0v) is 11.4. The molecule has 0 heterocycles. The van der Waals surface area contributed by atoms with Crippen LogP contribution >= 0.6 is 27.5 Å². The number of hydrogen-bond acceptors (Lipinski definition) is 0. The van der Waals surface area contributed by atoms with E-state index in [-0.39, 0.29) is 0 Å². The molecule has 2 heteroatoms. The molecule has 0 radical (unpaired) electrons. The van der Waals surface area contributed by atoms with Crippen molar-refractivity contribution in [3.63, 3.8) is 0 Å². The molecule has 1 aliphatic carbocycles. The van der Waals surface area contributed by atoms with Crippen LogP contribution in [0.15, 0.2) is 46.9 Å². The Hall–Kier alpha value is -1.05. The number of benzene rings is 2. The summed E-state index contributed by atoms with van der Waals surface area (Å²) in [5, 5.41) is 0.819. The molecule has 2 aromatic carbocycles. The van der Waals surface area contributed by atoms with Gasteiger partial charge in [0.05, 0.1) is 0 Å². The number of rotatable bonds is 1. The second-order valence-corrected chi connectivity index (χ2v) is 5.34. The molecule has 0 aromatic heterocycles. The molecule has 0 nitrogen and oxygen atoms in total. The van der Waals surface area contributed by atoms with E-state index >= 15 is 0 Å². The average molecular weight is 306 g/mol. The minimum atomic E-state index is 0.819. The van der Waals surface area contributed by atoms with Crippen LogP contribution in [0.5, 0.6) is 0 Å². The highest BCUT2D eigenvalue weighted by atomic mass is 79.9. The van der Waals surface area contributed by atoms with Gasteiger partial charge in [0.1, 0.15) is 0 Å². The zero-order valence-electron chi connectivity index (χ0n) is 9.08. The lowest BCUT2D eigenvalue weighted by atomic mass is 9.96. The second kappa shape index (κ2) is 4.32. The lowest BCUT2D eigenvalue weighted by molar-refractivity contribution is 1.31. The van der Waals surface area contributed by atoms with Gasteiger partial charge < -0.3 is 0 Å². The minimum absolute atomic E-state index is 0.819. The molecule has 84 valence electrons. The Morgan fingerprint density at radius 1 is 1.06 bits per heavy atom. The molecule has 3 rings (SSSR count).